The van der Waals surface area contributed by atoms with Gasteiger partial charge in [-0.2, -0.15) is 0 Å². The van der Waals surface area contributed by atoms with Gasteiger partial charge in [-0.1, -0.05) is 26.7 Å². The van der Waals surface area contributed by atoms with Gasteiger partial charge in [0.2, 0.25) is 0 Å². The maximum absolute atomic E-state index is 5.53. The predicted octanol–water partition coefficient (Wildman–Crippen LogP) is 2.42. The molecule has 0 aliphatic rings. The minimum atomic E-state index is 0. The molecule has 0 amide bonds. The van der Waals surface area contributed by atoms with E-state index in [9.17, 15) is 0 Å². The fourth-order valence-electron chi connectivity index (χ4n) is 1.28. The van der Waals surface area contributed by atoms with Crippen LogP contribution >= 0.6 is 17.0 Å². The zero-order valence-electron chi connectivity index (χ0n) is 9.39. The SMILES string of the molecule is Br.CCCCN(CCN)CCCC.[Cu]. The Balaban J connectivity index is -0.000000605. The second-order valence-corrected chi connectivity index (χ2v) is 3.34. The van der Waals surface area contributed by atoms with E-state index in [1.807, 2.05) is 0 Å². The summed E-state index contributed by atoms with van der Waals surface area (Å²) in [5, 5.41) is 0. The second-order valence-electron chi connectivity index (χ2n) is 3.34. The number of nitrogens with two attached hydrogens (primary N) is 1. The Labute approximate surface area is 110 Å². The molecule has 0 spiro atoms. The molecule has 0 rings (SSSR count). The molecule has 0 heterocycles. The Morgan fingerprint density at radius 1 is 0.929 bits per heavy atom. The predicted molar refractivity (Wildman–Crippen MR) is 65.6 cm³/mol. The second kappa shape index (κ2) is 16.4. The third-order valence-corrected chi connectivity index (χ3v) is 2.10. The van der Waals surface area contributed by atoms with Crippen molar-refractivity contribution in [2.45, 2.75) is 39.5 Å². The molecule has 2 N–H and O–H groups in total. The van der Waals surface area contributed by atoms with Crippen LogP contribution in [0.15, 0.2) is 0 Å². The van der Waals surface area contributed by atoms with Gasteiger partial charge in [0, 0.05) is 30.2 Å². The molecule has 0 aromatic rings. The number of halogens is 1. The van der Waals surface area contributed by atoms with Crippen molar-refractivity contribution in [3.8, 4) is 0 Å². The normalized spacial score (nSPS) is 9.43. The molecule has 0 aromatic heterocycles. The number of hydrogen-bond donors (Lipinski definition) is 1. The van der Waals surface area contributed by atoms with Crippen LogP contribution in [-0.4, -0.2) is 31.1 Å². The van der Waals surface area contributed by atoms with Crippen LogP contribution in [0.4, 0.5) is 0 Å². The van der Waals surface area contributed by atoms with E-state index < -0.39 is 0 Å². The van der Waals surface area contributed by atoms with Crippen LogP contribution in [0.1, 0.15) is 39.5 Å². The molecule has 0 fully saturated rings. The third kappa shape index (κ3) is 12.9. The summed E-state index contributed by atoms with van der Waals surface area (Å²) in [5.41, 5.74) is 5.53. The Morgan fingerprint density at radius 3 is 1.64 bits per heavy atom. The van der Waals surface area contributed by atoms with Gasteiger partial charge in [0.05, 0.1) is 0 Å². The molecule has 0 saturated carbocycles. The molecule has 2 nitrogen and oxygen atoms in total. The van der Waals surface area contributed by atoms with Gasteiger partial charge in [0.25, 0.3) is 0 Å². The molecule has 0 aromatic carbocycles. The van der Waals surface area contributed by atoms with E-state index in [0.717, 1.165) is 13.1 Å². The fourth-order valence-corrected chi connectivity index (χ4v) is 1.28. The van der Waals surface area contributed by atoms with Gasteiger partial charge in [-0.3, -0.25) is 0 Å². The van der Waals surface area contributed by atoms with Crippen LogP contribution in [-0.2, 0) is 17.1 Å². The summed E-state index contributed by atoms with van der Waals surface area (Å²) in [6.45, 7) is 8.80. The Bertz CT molecular complexity index is 86.2. The van der Waals surface area contributed by atoms with E-state index in [2.05, 4.69) is 18.7 Å². The summed E-state index contributed by atoms with van der Waals surface area (Å²) < 4.78 is 0. The average Bonchev–Trinajstić information content (AvgIpc) is 2.10. The van der Waals surface area contributed by atoms with Crippen LogP contribution in [0.3, 0.4) is 0 Å². The van der Waals surface area contributed by atoms with Gasteiger partial charge in [0.15, 0.2) is 0 Å². The van der Waals surface area contributed by atoms with Gasteiger partial charge >= 0.3 is 0 Å². The first-order chi connectivity index (χ1) is 5.85. The summed E-state index contributed by atoms with van der Waals surface area (Å²) in [7, 11) is 0. The summed E-state index contributed by atoms with van der Waals surface area (Å²) in [5.74, 6) is 0. The first-order valence-electron chi connectivity index (χ1n) is 5.27. The quantitative estimate of drug-likeness (QED) is 0.697. The Morgan fingerprint density at radius 2 is 1.36 bits per heavy atom. The summed E-state index contributed by atoms with van der Waals surface area (Å²) in [6, 6.07) is 0. The first kappa shape index (κ1) is 20.3. The number of rotatable bonds is 8. The number of unbranched alkanes of at least 4 members (excludes halogenated alkanes) is 2. The standard InChI is InChI=1S/C10H24N2.BrH.Cu/c1-3-5-8-12(10-7-11)9-6-4-2;;/h3-11H2,1-2H3;1H;. The molecule has 93 valence electrons. The number of hydrogen-bond acceptors (Lipinski definition) is 2. The Hall–Kier alpha value is 0.919. The Kier molecular flexibility index (Phi) is 23.8. The smallest absolute Gasteiger partial charge is 0.0105 e. The van der Waals surface area contributed by atoms with Crippen molar-refractivity contribution in [3.63, 3.8) is 0 Å². The monoisotopic (exact) mass is 315 g/mol. The van der Waals surface area contributed by atoms with Gasteiger partial charge < -0.3 is 10.6 Å². The molecule has 0 bridgehead atoms. The zero-order valence-corrected chi connectivity index (χ0v) is 12.0. The van der Waals surface area contributed by atoms with Crippen molar-refractivity contribution in [2.24, 2.45) is 5.73 Å². The van der Waals surface area contributed by atoms with Crippen LogP contribution in [0.5, 0.6) is 0 Å². The third-order valence-electron chi connectivity index (χ3n) is 2.10. The average molecular weight is 317 g/mol. The first-order valence-corrected chi connectivity index (χ1v) is 5.27. The van der Waals surface area contributed by atoms with Crippen molar-refractivity contribution in [1.29, 1.82) is 0 Å². The van der Waals surface area contributed by atoms with Crippen LogP contribution in [0, 0.1) is 0 Å². The topological polar surface area (TPSA) is 29.3 Å². The van der Waals surface area contributed by atoms with E-state index in [1.54, 1.807) is 0 Å². The molecule has 14 heavy (non-hydrogen) atoms. The molecule has 0 unspecified atom stereocenters. The van der Waals surface area contributed by atoms with Crippen LogP contribution in [0.25, 0.3) is 0 Å². The minimum Gasteiger partial charge on any atom is -0.329 e. The van der Waals surface area contributed by atoms with Crippen molar-refractivity contribution in [3.05, 3.63) is 0 Å². The van der Waals surface area contributed by atoms with E-state index in [1.165, 1.54) is 38.8 Å². The summed E-state index contributed by atoms with van der Waals surface area (Å²) >= 11 is 0. The fraction of sp³-hybridized carbons (Fsp3) is 1.00. The molecular weight excluding hydrogens is 292 g/mol. The maximum Gasteiger partial charge on any atom is 0.0105 e. The number of nitrogens with zero attached hydrogens (tertiary/aromatic N) is 1. The van der Waals surface area contributed by atoms with Gasteiger partial charge in [-0.15, -0.1) is 17.0 Å². The molecule has 0 aliphatic carbocycles. The largest absolute Gasteiger partial charge is 0.329 e. The molecule has 0 aliphatic heterocycles. The molecule has 4 heteroatoms. The van der Waals surface area contributed by atoms with Gasteiger partial charge in [-0.25, -0.2) is 0 Å². The minimum absolute atomic E-state index is 0. The van der Waals surface area contributed by atoms with Crippen molar-refractivity contribution < 1.29 is 17.1 Å². The zero-order chi connectivity index (χ0) is 9.23. The van der Waals surface area contributed by atoms with E-state index in [0.29, 0.717) is 0 Å². The van der Waals surface area contributed by atoms with Crippen molar-refractivity contribution >= 4 is 17.0 Å². The summed E-state index contributed by atoms with van der Waals surface area (Å²) in [4.78, 5) is 2.48. The van der Waals surface area contributed by atoms with Crippen LogP contribution in [0.2, 0.25) is 0 Å². The van der Waals surface area contributed by atoms with E-state index in [4.69, 9.17) is 5.73 Å². The van der Waals surface area contributed by atoms with Gasteiger partial charge in [-0.05, 0) is 25.9 Å². The van der Waals surface area contributed by atoms with Gasteiger partial charge in [0.1, 0.15) is 0 Å². The summed E-state index contributed by atoms with van der Waals surface area (Å²) in [6.07, 6.45) is 5.19. The van der Waals surface area contributed by atoms with E-state index in [-0.39, 0.29) is 34.1 Å². The van der Waals surface area contributed by atoms with Crippen molar-refractivity contribution in [2.75, 3.05) is 26.2 Å². The van der Waals surface area contributed by atoms with Crippen molar-refractivity contribution in [1.82, 2.24) is 4.90 Å². The molecule has 1 radical (unpaired) electrons. The van der Waals surface area contributed by atoms with Crippen LogP contribution < -0.4 is 5.73 Å². The molecule has 0 atom stereocenters. The molecular formula is C10H25BrCuN2. The maximum atomic E-state index is 5.53. The van der Waals surface area contributed by atoms with E-state index >= 15 is 0 Å². The molecule has 0 saturated heterocycles.